The molecule has 0 aliphatic heterocycles. The van der Waals surface area contributed by atoms with E-state index < -0.39 is 5.60 Å². The number of Topliss-reactive ketones (excluding diaryl/α,β-unsaturated/α-hetero) is 1. The molecule has 1 saturated carbocycles. The van der Waals surface area contributed by atoms with Crippen molar-refractivity contribution < 1.29 is 9.90 Å². The molecule has 0 saturated heterocycles. The van der Waals surface area contributed by atoms with E-state index in [1.165, 1.54) is 0 Å². The summed E-state index contributed by atoms with van der Waals surface area (Å²) in [5.74, 6) is 0.270. The summed E-state index contributed by atoms with van der Waals surface area (Å²) in [4.78, 5) is 10.8. The molecule has 1 aliphatic carbocycles. The maximum absolute atomic E-state index is 10.8. The Morgan fingerprint density at radius 2 is 2.40 bits per heavy atom. The smallest absolute Gasteiger partial charge is 0.133 e. The van der Waals surface area contributed by atoms with Crippen LogP contribution in [0.25, 0.3) is 0 Å². The standard InChI is InChI=1S/C7H13O2P/c1-7(9)3-2-5(8)4-6(7)10/h6,9H,2-4,10H2,1H3/t6-,7-/m1/s1. The molecule has 58 valence electrons. The van der Waals surface area contributed by atoms with E-state index in [4.69, 9.17) is 0 Å². The highest BCUT2D eigenvalue weighted by molar-refractivity contribution is 7.17. The van der Waals surface area contributed by atoms with Crippen molar-refractivity contribution in [1.82, 2.24) is 0 Å². The highest BCUT2D eigenvalue weighted by atomic mass is 31.0. The van der Waals surface area contributed by atoms with Crippen LogP contribution in [-0.4, -0.2) is 22.1 Å². The van der Waals surface area contributed by atoms with E-state index in [-0.39, 0.29) is 11.4 Å². The van der Waals surface area contributed by atoms with Crippen molar-refractivity contribution in [3.63, 3.8) is 0 Å². The molecule has 0 aromatic rings. The van der Waals surface area contributed by atoms with Crippen molar-refractivity contribution in [2.24, 2.45) is 0 Å². The Balaban J connectivity index is 2.60. The molecule has 0 amide bonds. The van der Waals surface area contributed by atoms with Crippen molar-refractivity contribution in [2.45, 2.75) is 37.4 Å². The van der Waals surface area contributed by atoms with E-state index in [9.17, 15) is 9.90 Å². The van der Waals surface area contributed by atoms with Gasteiger partial charge in [-0.05, 0) is 13.3 Å². The summed E-state index contributed by atoms with van der Waals surface area (Å²) in [6.07, 6.45) is 1.66. The van der Waals surface area contributed by atoms with Gasteiger partial charge >= 0.3 is 0 Å². The predicted molar refractivity (Wildman–Crippen MR) is 43.0 cm³/mol. The van der Waals surface area contributed by atoms with Crippen LogP contribution in [0.15, 0.2) is 0 Å². The van der Waals surface area contributed by atoms with Crippen LogP contribution in [0.1, 0.15) is 26.2 Å². The SMILES string of the molecule is C[C@@]1(O)CCC(=O)C[C@H]1P. The van der Waals surface area contributed by atoms with Crippen LogP contribution in [0.2, 0.25) is 0 Å². The molecule has 1 fully saturated rings. The number of hydrogen-bond donors (Lipinski definition) is 1. The monoisotopic (exact) mass is 160 g/mol. The second-order valence-electron chi connectivity index (χ2n) is 3.21. The Bertz CT molecular complexity index is 154. The molecule has 0 heterocycles. The lowest BCUT2D eigenvalue weighted by Gasteiger charge is -2.33. The number of hydrogen-bond acceptors (Lipinski definition) is 2. The van der Waals surface area contributed by atoms with Crippen molar-refractivity contribution in [3.8, 4) is 0 Å². The van der Waals surface area contributed by atoms with Crippen molar-refractivity contribution in [1.29, 1.82) is 0 Å². The zero-order valence-electron chi connectivity index (χ0n) is 6.13. The summed E-state index contributed by atoms with van der Waals surface area (Å²) in [6.45, 7) is 1.79. The first kappa shape index (κ1) is 8.16. The number of carbonyl (C=O) groups is 1. The largest absolute Gasteiger partial charge is 0.390 e. The molecular weight excluding hydrogens is 147 g/mol. The molecule has 1 rings (SSSR count). The fourth-order valence-electron chi connectivity index (χ4n) is 1.15. The maximum atomic E-state index is 10.8. The maximum Gasteiger partial charge on any atom is 0.133 e. The number of carbonyl (C=O) groups excluding carboxylic acids is 1. The van der Waals surface area contributed by atoms with Crippen molar-refractivity contribution >= 4 is 15.0 Å². The van der Waals surface area contributed by atoms with Gasteiger partial charge in [-0.15, -0.1) is 9.24 Å². The van der Waals surface area contributed by atoms with E-state index in [1.54, 1.807) is 6.92 Å². The highest BCUT2D eigenvalue weighted by Crippen LogP contribution is 2.31. The zero-order valence-corrected chi connectivity index (χ0v) is 7.29. The number of ketones is 1. The van der Waals surface area contributed by atoms with Gasteiger partial charge in [0.25, 0.3) is 0 Å². The molecule has 1 unspecified atom stereocenters. The minimum atomic E-state index is -0.640. The topological polar surface area (TPSA) is 37.3 Å². The third-order valence-electron chi connectivity index (χ3n) is 2.16. The van der Waals surface area contributed by atoms with E-state index in [2.05, 4.69) is 9.24 Å². The fourth-order valence-corrected chi connectivity index (χ4v) is 1.57. The van der Waals surface area contributed by atoms with Crippen molar-refractivity contribution in [2.75, 3.05) is 0 Å². The Morgan fingerprint density at radius 1 is 1.80 bits per heavy atom. The molecule has 0 spiro atoms. The second kappa shape index (κ2) is 2.60. The van der Waals surface area contributed by atoms with Gasteiger partial charge in [0, 0.05) is 18.5 Å². The minimum Gasteiger partial charge on any atom is -0.390 e. The molecule has 3 atom stereocenters. The molecule has 0 radical (unpaired) electrons. The lowest BCUT2D eigenvalue weighted by molar-refractivity contribution is -0.124. The molecule has 0 aromatic heterocycles. The zero-order chi connectivity index (χ0) is 7.78. The van der Waals surface area contributed by atoms with Gasteiger partial charge < -0.3 is 5.11 Å². The van der Waals surface area contributed by atoms with Crippen LogP contribution >= 0.6 is 9.24 Å². The molecule has 2 nitrogen and oxygen atoms in total. The fraction of sp³-hybridized carbons (Fsp3) is 0.857. The molecule has 1 N–H and O–H groups in total. The predicted octanol–water partition coefficient (Wildman–Crippen LogP) is 0.734. The second-order valence-corrected chi connectivity index (χ2v) is 4.01. The summed E-state index contributed by atoms with van der Waals surface area (Å²) in [7, 11) is 2.53. The molecule has 1 aliphatic rings. The van der Waals surface area contributed by atoms with Gasteiger partial charge in [-0.2, -0.15) is 0 Å². The van der Waals surface area contributed by atoms with E-state index in [1.807, 2.05) is 0 Å². The average molecular weight is 160 g/mol. The summed E-state index contributed by atoms with van der Waals surface area (Å²) < 4.78 is 0. The minimum absolute atomic E-state index is 0.0498. The Morgan fingerprint density at radius 3 is 2.80 bits per heavy atom. The highest BCUT2D eigenvalue weighted by Gasteiger charge is 2.34. The molecule has 10 heavy (non-hydrogen) atoms. The Labute approximate surface area is 63.2 Å². The van der Waals surface area contributed by atoms with Gasteiger partial charge in [0.05, 0.1) is 5.60 Å². The summed E-state index contributed by atoms with van der Waals surface area (Å²) in [6, 6.07) is 0. The molecule has 3 heteroatoms. The molecule has 0 aromatic carbocycles. The summed E-state index contributed by atoms with van der Waals surface area (Å²) in [5, 5.41) is 9.59. The summed E-state index contributed by atoms with van der Waals surface area (Å²) >= 11 is 0. The van der Waals surface area contributed by atoms with E-state index >= 15 is 0 Å². The quantitative estimate of drug-likeness (QED) is 0.530. The van der Waals surface area contributed by atoms with Gasteiger partial charge in [0.1, 0.15) is 5.78 Å². The normalized spacial score (nSPS) is 41.9. The van der Waals surface area contributed by atoms with Crippen LogP contribution in [0.5, 0.6) is 0 Å². The Hall–Kier alpha value is 0.0600. The average Bonchev–Trinajstić information content (AvgIpc) is 1.81. The van der Waals surface area contributed by atoms with Gasteiger partial charge in [0.15, 0.2) is 0 Å². The van der Waals surface area contributed by atoms with Crippen LogP contribution in [0.4, 0.5) is 0 Å². The van der Waals surface area contributed by atoms with E-state index in [0.29, 0.717) is 19.3 Å². The van der Waals surface area contributed by atoms with Crippen LogP contribution in [-0.2, 0) is 4.79 Å². The number of rotatable bonds is 0. The summed E-state index contributed by atoms with van der Waals surface area (Å²) in [5.41, 5.74) is -0.591. The van der Waals surface area contributed by atoms with Crippen molar-refractivity contribution in [3.05, 3.63) is 0 Å². The van der Waals surface area contributed by atoms with Gasteiger partial charge in [-0.25, -0.2) is 0 Å². The molecule has 0 bridgehead atoms. The van der Waals surface area contributed by atoms with Gasteiger partial charge in [0.2, 0.25) is 0 Å². The lowest BCUT2D eigenvalue weighted by Crippen LogP contribution is -2.40. The Kier molecular flexibility index (Phi) is 2.12. The van der Waals surface area contributed by atoms with Gasteiger partial charge in [-0.3, -0.25) is 4.79 Å². The first-order chi connectivity index (χ1) is 4.52. The first-order valence-electron chi connectivity index (χ1n) is 3.52. The third kappa shape index (κ3) is 1.56. The van der Waals surface area contributed by atoms with Gasteiger partial charge in [-0.1, -0.05) is 0 Å². The lowest BCUT2D eigenvalue weighted by atomic mass is 9.85. The van der Waals surface area contributed by atoms with Crippen LogP contribution in [0.3, 0.4) is 0 Å². The third-order valence-corrected chi connectivity index (χ3v) is 3.11. The van der Waals surface area contributed by atoms with Crippen LogP contribution < -0.4 is 0 Å². The first-order valence-corrected chi connectivity index (χ1v) is 4.19. The number of aliphatic hydroxyl groups is 1. The van der Waals surface area contributed by atoms with E-state index in [0.717, 1.165) is 0 Å². The van der Waals surface area contributed by atoms with Crippen LogP contribution in [0, 0.1) is 0 Å². The molecular formula is C7H13O2P.